The first kappa shape index (κ1) is 18.5. The third-order valence-corrected chi connectivity index (χ3v) is 5.87. The summed E-state index contributed by atoms with van der Waals surface area (Å²) >= 11 is 0. The summed E-state index contributed by atoms with van der Waals surface area (Å²) in [6, 6.07) is 14.1. The van der Waals surface area contributed by atoms with E-state index in [1.807, 2.05) is 46.8 Å². The number of benzene rings is 2. The first-order valence-electron chi connectivity index (χ1n) is 9.97. The van der Waals surface area contributed by atoms with Gasteiger partial charge in [-0.05, 0) is 67.5 Å². The lowest BCUT2D eigenvalue weighted by molar-refractivity contribution is 0.0687. The van der Waals surface area contributed by atoms with Crippen LogP contribution in [0.3, 0.4) is 0 Å². The van der Waals surface area contributed by atoms with Gasteiger partial charge in [0.2, 0.25) is 0 Å². The lowest BCUT2D eigenvalue weighted by Gasteiger charge is -2.32. The van der Waals surface area contributed by atoms with Crippen molar-refractivity contribution in [2.24, 2.45) is 13.0 Å². The lowest BCUT2D eigenvalue weighted by atomic mass is 9.90. The molecule has 5 heteroatoms. The molecule has 3 aromatic rings. The van der Waals surface area contributed by atoms with Crippen LogP contribution in [-0.2, 0) is 13.5 Å². The maximum absolute atomic E-state index is 12.9. The van der Waals surface area contributed by atoms with Crippen LogP contribution in [0.5, 0.6) is 5.75 Å². The van der Waals surface area contributed by atoms with E-state index >= 15 is 0 Å². The molecule has 1 saturated heterocycles. The number of nitrogens with zero attached hydrogens (tertiary/aromatic N) is 3. The van der Waals surface area contributed by atoms with Gasteiger partial charge in [0.25, 0.3) is 5.91 Å². The fourth-order valence-electron chi connectivity index (χ4n) is 4.04. The Morgan fingerprint density at radius 2 is 1.89 bits per heavy atom. The summed E-state index contributed by atoms with van der Waals surface area (Å²) < 4.78 is 7.19. The van der Waals surface area contributed by atoms with Gasteiger partial charge in [0.1, 0.15) is 5.75 Å². The first-order valence-corrected chi connectivity index (χ1v) is 9.97. The van der Waals surface area contributed by atoms with Gasteiger partial charge < -0.3 is 14.2 Å². The minimum absolute atomic E-state index is 0.126. The zero-order chi connectivity index (χ0) is 19.5. The highest BCUT2D eigenvalue weighted by atomic mass is 16.5. The second kappa shape index (κ2) is 8.05. The Hall–Kier alpha value is -2.82. The van der Waals surface area contributed by atoms with Gasteiger partial charge in [-0.1, -0.05) is 12.1 Å². The first-order chi connectivity index (χ1) is 13.6. The maximum atomic E-state index is 12.9. The monoisotopic (exact) mass is 377 g/mol. The van der Waals surface area contributed by atoms with Crippen molar-refractivity contribution in [2.75, 3.05) is 20.2 Å². The Morgan fingerprint density at radius 1 is 1.14 bits per heavy atom. The molecule has 1 aliphatic rings. The van der Waals surface area contributed by atoms with E-state index < -0.39 is 0 Å². The van der Waals surface area contributed by atoms with Crippen LogP contribution in [-0.4, -0.2) is 40.6 Å². The number of rotatable bonds is 5. The molecule has 0 radical (unpaired) electrons. The molecule has 0 atom stereocenters. The number of hydrogen-bond acceptors (Lipinski definition) is 3. The van der Waals surface area contributed by atoms with Crippen molar-refractivity contribution >= 4 is 16.9 Å². The molecule has 2 aromatic carbocycles. The molecule has 146 valence electrons. The summed E-state index contributed by atoms with van der Waals surface area (Å²) in [7, 11) is 3.66. The number of carbonyl (C=O) groups excluding carboxylic acids is 1. The van der Waals surface area contributed by atoms with Crippen molar-refractivity contribution in [2.45, 2.75) is 25.7 Å². The number of imidazole rings is 1. The van der Waals surface area contributed by atoms with E-state index in [-0.39, 0.29) is 5.91 Å². The Bertz CT molecular complexity index is 954. The molecule has 28 heavy (non-hydrogen) atoms. The molecule has 1 amide bonds. The summed E-state index contributed by atoms with van der Waals surface area (Å²) in [5.41, 5.74) is 4.02. The Morgan fingerprint density at radius 3 is 2.61 bits per heavy atom. The smallest absolute Gasteiger partial charge is 0.253 e. The number of aromatic nitrogens is 2. The average molecular weight is 377 g/mol. The molecular weight excluding hydrogens is 350 g/mol. The van der Waals surface area contributed by atoms with Gasteiger partial charge in [-0.2, -0.15) is 0 Å². The molecule has 2 heterocycles. The fourth-order valence-corrected chi connectivity index (χ4v) is 4.04. The lowest BCUT2D eigenvalue weighted by Crippen LogP contribution is -2.38. The molecule has 1 aromatic heterocycles. The largest absolute Gasteiger partial charge is 0.497 e. The van der Waals surface area contributed by atoms with Gasteiger partial charge in [-0.3, -0.25) is 4.79 Å². The number of likely N-dealkylation sites (tertiary alicyclic amines) is 1. The van der Waals surface area contributed by atoms with Crippen molar-refractivity contribution < 1.29 is 9.53 Å². The highest BCUT2D eigenvalue weighted by Crippen LogP contribution is 2.25. The van der Waals surface area contributed by atoms with Gasteiger partial charge in [-0.15, -0.1) is 0 Å². The van der Waals surface area contributed by atoms with Crippen LogP contribution in [0.15, 0.2) is 48.8 Å². The fraction of sp³-hybridized carbons (Fsp3) is 0.391. The van der Waals surface area contributed by atoms with Gasteiger partial charge in [0.15, 0.2) is 0 Å². The van der Waals surface area contributed by atoms with Crippen molar-refractivity contribution in [3.8, 4) is 5.75 Å². The summed E-state index contributed by atoms with van der Waals surface area (Å²) in [4.78, 5) is 19.2. The molecule has 4 rings (SSSR count). The third-order valence-electron chi connectivity index (χ3n) is 5.87. The van der Waals surface area contributed by atoms with Crippen molar-refractivity contribution in [3.63, 3.8) is 0 Å². The quantitative estimate of drug-likeness (QED) is 0.673. The minimum Gasteiger partial charge on any atom is -0.497 e. The summed E-state index contributed by atoms with van der Waals surface area (Å²) in [5.74, 6) is 1.71. The molecule has 0 N–H and O–H groups in total. The molecule has 0 spiro atoms. The van der Waals surface area contributed by atoms with E-state index in [2.05, 4.69) is 17.1 Å². The van der Waals surface area contributed by atoms with E-state index in [0.29, 0.717) is 5.92 Å². The maximum Gasteiger partial charge on any atom is 0.253 e. The van der Waals surface area contributed by atoms with E-state index in [0.717, 1.165) is 54.7 Å². The SMILES string of the molecule is COc1ccc(CCC2CCN(C(=O)c3ccc4c(c3)ncn4C)CC2)cc1. The van der Waals surface area contributed by atoms with E-state index in [1.54, 1.807) is 13.4 Å². The van der Waals surface area contributed by atoms with E-state index in [4.69, 9.17) is 4.74 Å². The summed E-state index contributed by atoms with van der Waals surface area (Å²) in [6.07, 6.45) is 6.20. The van der Waals surface area contributed by atoms with Crippen LogP contribution in [0.2, 0.25) is 0 Å². The van der Waals surface area contributed by atoms with Gasteiger partial charge in [-0.25, -0.2) is 4.98 Å². The van der Waals surface area contributed by atoms with Crippen LogP contribution in [0.25, 0.3) is 11.0 Å². The molecule has 0 unspecified atom stereocenters. The number of methoxy groups -OCH3 is 1. The van der Waals surface area contributed by atoms with Crippen LogP contribution >= 0.6 is 0 Å². The number of carbonyl (C=O) groups is 1. The molecule has 0 bridgehead atoms. The number of fused-ring (bicyclic) bond motifs is 1. The highest BCUT2D eigenvalue weighted by Gasteiger charge is 2.23. The molecule has 0 saturated carbocycles. The number of amides is 1. The second-order valence-corrected chi connectivity index (χ2v) is 7.68. The standard InChI is InChI=1S/C23H27N3O2/c1-25-16-24-21-15-19(7-10-22(21)25)23(27)26-13-11-18(12-14-26)4-3-17-5-8-20(28-2)9-6-17/h5-10,15-16,18H,3-4,11-14H2,1-2H3. The number of piperidine rings is 1. The van der Waals surface area contributed by atoms with Gasteiger partial charge >= 0.3 is 0 Å². The average Bonchev–Trinajstić information content (AvgIpc) is 3.12. The van der Waals surface area contributed by atoms with E-state index in [1.165, 1.54) is 12.0 Å². The topological polar surface area (TPSA) is 47.4 Å². The van der Waals surface area contributed by atoms with Crippen LogP contribution in [0, 0.1) is 5.92 Å². The molecular formula is C23H27N3O2. The van der Waals surface area contributed by atoms with E-state index in [9.17, 15) is 4.79 Å². The van der Waals surface area contributed by atoms with Crippen LogP contribution < -0.4 is 4.74 Å². The van der Waals surface area contributed by atoms with Gasteiger partial charge in [0, 0.05) is 25.7 Å². The Balaban J connectivity index is 1.30. The third kappa shape index (κ3) is 3.88. The van der Waals surface area contributed by atoms with Crippen molar-refractivity contribution in [1.29, 1.82) is 0 Å². The zero-order valence-corrected chi connectivity index (χ0v) is 16.6. The number of ether oxygens (including phenoxy) is 1. The number of aryl methyl sites for hydroxylation is 2. The van der Waals surface area contributed by atoms with Gasteiger partial charge in [0.05, 0.1) is 24.5 Å². The van der Waals surface area contributed by atoms with Crippen molar-refractivity contribution in [1.82, 2.24) is 14.5 Å². The Labute approximate surface area is 165 Å². The number of hydrogen-bond donors (Lipinski definition) is 0. The minimum atomic E-state index is 0.126. The van der Waals surface area contributed by atoms with Crippen LogP contribution in [0.4, 0.5) is 0 Å². The predicted molar refractivity (Wildman–Crippen MR) is 111 cm³/mol. The second-order valence-electron chi connectivity index (χ2n) is 7.68. The van der Waals surface area contributed by atoms with Crippen LogP contribution in [0.1, 0.15) is 35.2 Å². The molecule has 0 aliphatic carbocycles. The molecule has 1 fully saturated rings. The molecule has 5 nitrogen and oxygen atoms in total. The molecule has 1 aliphatic heterocycles. The van der Waals surface area contributed by atoms with Crippen molar-refractivity contribution in [3.05, 3.63) is 59.9 Å². The predicted octanol–water partition coefficient (Wildman–Crippen LogP) is 4.07. The summed E-state index contributed by atoms with van der Waals surface area (Å²) in [6.45, 7) is 1.68. The zero-order valence-electron chi connectivity index (χ0n) is 16.6. The highest BCUT2D eigenvalue weighted by molar-refractivity contribution is 5.97. The Kier molecular flexibility index (Phi) is 5.33. The summed E-state index contributed by atoms with van der Waals surface area (Å²) in [5, 5.41) is 0. The normalized spacial score (nSPS) is 15.1.